The molecule has 3 aromatic rings. The van der Waals surface area contributed by atoms with Crippen LogP contribution in [0, 0.1) is 19.7 Å². The number of rotatable bonds is 13. The quantitative estimate of drug-likeness (QED) is 0.148. The van der Waals surface area contributed by atoms with Gasteiger partial charge in [0.25, 0.3) is 0 Å². The fourth-order valence-electron chi connectivity index (χ4n) is 6.95. The largest absolute Gasteiger partial charge is 0.477 e. The number of aromatic nitrogens is 1. The molecule has 0 saturated carbocycles. The minimum atomic E-state index is -1.38. The molecule has 2 fully saturated rings. The van der Waals surface area contributed by atoms with Crippen LogP contribution in [0.4, 0.5) is 14.9 Å². The van der Waals surface area contributed by atoms with Gasteiger partial charge in [-0.25, -0.2) is 18.8 Å². The minimum Gasteiger partial charge on any atom is -0.477 e. The molecule has 2 aliphatic rings. The highest BCUT2D eigenvalue weighted by molar-refractivity contribution is 7.98. The molecule has 53 heavy (non-hydrogen) atoms. The third-order valence-electron chi connectivity index (χ3n) is 9.67. The van der Waals surface area contributed by atoms with Crippen molar-refractivity contribution in [2.45, 2.75) is 65.3 Å². The number of anilines is 1. The van der Waals surface area contributed by atoms with Crippen LogP contribution >= 0.6 is 11.8 Å². The second kappa shape index (κ2) is 17.1. The summed E-state index contributed by atoms with van der Waals surface area (Å²) in [7, 11) is 0. The molecule has 2 atom stereocenters. The number of hydrogen-bond acceptors (Lipinski definition) is 10. The molecule has 2 saturated heterocycles. The maximum absolute atomic E-state index is 15.3. The number of hydrogen-bond donors (Lipinski definition) is 2. The number of halogens is 1. The maximum atomic E-state index is 15.3. The standard InChI is InChI=1S/C37H44FN5O9S/c1-5-40-19-26(35(47)48)32(45)25-17-27(38)31(18-30(25)40)41-10-12-42(13-11-41)37(50)51-20-24-15-22(2)33(23(3)16-24)52-36(49)29-7-6-9-43(29)34(46)28(39-21-44)8-14-53-4/h15-19,21,28-29H,5-14,20H2,1-4H3,(H,39,44)(H,47,48)/t28-,29?/m0/s1. The van der Waals surface area contributed by atoms with Gasteiger partial charge in [-0.3, -0.25) is 14.4 Å². The molecule has 14 nitrogen and oxygen atoms in total. The van der Waals surface area contributed by atoms with Crippen LogP contribution in [0.15, 0.2) is 35.3 Å². The number of esters is 1. The number of piperazine rings is 1. The molecule has 16 heteroatoms. The fourth-order valence-corrected chi connectivity index (χ4v) is 7.42. The number of nitrogens with zero attached hydrogens (tertiary/aromatic N) is 4. The summed E-state index contributed by atoms with van der Waals surface area (Å²) in [5.41, 5.74) is 1.48. The van der Waals surface area contributed by atoms with Crippen molar-refractivity contribution in [3.05, 3.63) is 68.8 Å². The number of ether oxygens (including phenoxy) is 2. The zero-order chi connectivity index (χ0) is 38.4. The summed E-state index contributed by atoms with van der Waals surface area (Å²) in [6.45, 7) is 7.20. The summed E-state index contributed by atoms with van der Waals surface area (Å²) in [6, 6.07) is 4.67. The number of carbonyl (C=O) groups excluding carboxylic acids is 4. The van der Waals surface area contributed by atoms with Crippen LogP contribution < -0.4 is 20.4 Å². The lowest BCUT2D eigenvalue weighted by Crippen LogP contribution is -2.51. The molecule has 1 unspecified atom stereocenters. The van der Waals surface area contributed by atoms with Crippen molar-refractivity contribution in [3.63, 3.8) is 0 Å². The Kier molecular flexibility index (Phi) is 12.6. The van der Waals surface area contributed by atoms with Gasteiger partial charge in [0.15, 0.2) is 0 Å². The van der Waals surface area contributed by atoms with Crippen molar-refractivity contribution in [1.29, 1.82) is 0 Å². The Morgan fingerprint density at radius 1 is 1.08 bits per heavy atom. The Labute approximate surface area is 310 Å². The summed E-state index contributed by atoms with van der Waals surface area (Å²) in [5, 5.41) is 12.0. The van der Waals surface area contributed by atoms with Crippen molar-refractivity contribution in [2.75, 3.05) is 49.6 Å². The molecule has 3 heterocycles. The van der Waals surface area contributed by atoms with E-state index in [1.165, 1.54) is 16.0 Å². The SMILES string of the molecule is CCn1cc(C(=O)O)c(=O)c2cc(F)c(N3CCN(C(=O)OCc4cc(C)c(OC(=O)C5CCCN5C(=O)[C@H](CCSC)NC=O)c(C)c4)CC3)cc21. The van der Waals surface area contributed by atoms with Gasteiger partial charge < -0.3 is 39.2 Å². The third-order valence-corrected chi connectivity index (χ3v) is 10.3. The van der Waals surface area contributed by atoms with Gasteiger partial charge in [-0.15, -0.1) is 0 Å². The molecule has 2 aliphatic heterocycles. The van der Waals surface area contributed by atoms with Crippen LogP contribution in [0.25, 0.3) is 10.9 Å². The molecular formula is C37H44FN5O9S. The van der Waals surface area contributed by atoms with Gasteiger partial charge >= 0.3 is 18.0 Å². The van der Waals surface area contributed by atoms with Crippen LogP contribution in [0.1, 0.15) is 53.2 Å². The van der Waals surface area contributed by atoms with E-state index in [2.05, 4.69) is 5.32 Å². The number of likely N-dealkylation sites (tertiary alicyclic amines) is 1. The topological polar surface area (TPSA) is 168 Å². The van der Waals surface area contributed by atoms with E-state index in [-0.39, 0.29) is 36.7 Å². The maximum Gasteiger partial charge on any atom is 0.410 e. The molecule has 284 valence electrons. The summed E-state index contributed by atoms with van der Waals surface area (Å²) in [6.07, 6.45) is 4.68. The Morgan fingerprint density at radius 3 is 2.40 bits per heavy atom. The number of aromatic carboxylic acids is 1. The summed E-state index contributed by atoms with van der Waals surface area (Å²) >= 11 is 1.56. The number of pyridine rings is 1. The van der Waals surface area contributed by atoms with Crippen LogP contribution in [0.5, 0.6) is 5.75 Å². The molecule has 0 spiro atoms. The van der Waals surface area contributed by atoms with Crippen molar-refractivity contribution >= 4 is 58.7 Å². The second-order valence-corrected chi connectivity index (χ2v) is 14.1. The summed E-state index contributed by atoms with van der Waals surface area (Å²) in [4.78, 5) is 79.8. The van der Waals surface area contributed by atoms with Crippen LogP contribution in [-0.4, -0.2) is 107 Å². The molecule has 5 rings (SSSR count). The number of carboxylic acids is 1. The normalized spacial score (nSPS) is 16.4. The second-order valence-electron chi connectivity index (χ2n) is 13.1. The molecular weight excluding hydrogens is 709 g/mol. The van der Waals surface area contributed by atoms with E-state index in [9.17, 15) is 33.9 Å². The van der Waals surface area contributed by atoms with Gasteiger partial charge in [-0.2, -0.15) is 11.8 Å². The number of aryl methyl sites for hydroxylation is 3. The highest BCUT2D eigenvalue weighted by Crippen LogP contribution is 2.29. The predicted molar refractivity (Wildman–Crippen MR) is 197 cm³/mol. The number of benzene rings is 2. The van der Waals surface area contributed by atoms with Crippen molar-refractivity contribution in [2.24, 2.45) is 0 Å². The number of fused-ring (bicyclic) bond motifs is 1. The lowest BCUT2D eigenvalue weighted by atomic mass is 10.1. The summed E-state index contributed by atoms with van der Waals surface area (Å²) < 4.78 is 28.3. The predicted octanol–water partition coefficient (Wildman–Crippen LogP) is 3.70. The minimum absolute atomic E-state index is 0.0146. The van der Waals surface area contributed by atoms with E-state index in [1.807, 2.05) is 6.26 Å². The zero-order valence-electron chi connectivity index (χ0n) is 30.2. The van der Waals surface area contributed by atoms with Crippen LogP contribution in [0.3, 0.4) is 0 Å². The van der Waals surface area contributed by atoms with Crippen molar-refractivity contribution < 1.29 is 42.9 Å². The number of carboxylic acid groups (broad SMARTS) is 1. The Morgan fingerprint density at radius 2 is 1.77 bits per heavy atom. The fraction of sp³-hybridized carbons (Fsp3) is 0.459. The highest BCUT2D eigenvalue weighted by atomic mass is 32.2. The Hall–Kier alpha value is -5.12. The van der Waals surface area contributed by atoms with E-state index in [1.54, 1.807) is 60.2 Å². The van der Waals surface area contributed by atoms with Gasteiger partial charge in [-0.05, 0) is 93.0 Å². The first-order valence-electron chi connectivity index (χ1n) is 17.5. The van der Waals surface area contributed by atoms with Crippen LogP contribution in [0.2, 0.25) is 0 Å². The first-order valence-corrected chi connectivity index (χ1v) is 18.8. The van der Waals surface area contributed by atoms with E-state index in [4.69, 9.17) is 9.47 Å². The summed E-state index contributed by atoms with van der Waals surface area (Å²) in [5.74, 6) is -1.85. The van der Waals surface area contributed by atoms with Gasteiger partial charge in [-0.1, -0.05) is 0 Å². The van der Waals surface area contributed by atoms with E-state index in [0.29, 0.717) is 85.6 Å². The first kappa shape index (κ1) is 39.1. The number of thioether (sulfide) groups is 1. The van der Waals surface area contributed by atoms with Crippen molar-refractivity contribution in [1.82, 2.24) is 19.7 Å². The van der Waals surface area contributed by atoms with Crippen molar-refractivity contribution in [3.8, 4) is 5.75 Å². The number of amides is 3. The van der Waals surface area contributed by atoms with Gasteiger partial charge in [0.1, 0.15) is 35.8 Å². The molecule has 0 radical (unpaired) electrons. The average molecular weight is 754 g/mol. The smallest absolute Gasteiger partial charge is 0.410 e. The van der Waals surface area contributed by atoms with E-state index in [0.717, 1.165) is 6.07 Å². The molecule has 3 amide bonds. The van der Waals surface area contributed by atoms with E-state index < -0.39 is 46.9 Å². The molecule has 0 aliphatic carbocycles. The molecule has 1 aromatic heterocycles. The van der Waals surface area contributed by atoms with Gasteiger partial charge in [0.2, 0.25) is 17.7 Å². The number of nitrogens with one attached hydrogen (secondary N) is 1. The number of carbonyl (C=O) groups is 5. The lowest BCUT2D eigenvalue weighted by molar-refractivity contribution is -0.147. The lowest BCUT2D eigenvalue weighted by Gasteiger charge is -2.35. The van der Waals surface area contributed by atoms with Gasteiger partial charge in [0, 0.05) is 50.9 Å². The molecule has 2 aromatic carbocycles. The monoisotopic (exact) mass is 753 g/mol. The third kappa shape index (κ3) is 8.58. The van der Waals surface area contributed by atoms with E-state index >= 15 is 4.39 Å². The molecule has 0 bridgehead atoms. The highest BCUT2D eigenvalue weighted by Gasteiger charge is 2.38. The van der Waals surface area contributed by atoms with Crippen LogP contribution in [-0.2, 0) is 32.3 Å². The first-order chi connectivity index (χ1) is 25.4. The zero-order valence-corrected chi connectivity index (χ0v) is 31.0. The Balaban J connectivity index is 1.18. The Bertz CT molecular complexity index is 1940. The van der Waals surface area contributed by atoms with Gasteiger partial charge in [0.05, 0.1) is 11.2 Å². The average Bonchev–Trinajstić information content (AvgIpc) is 3.64. The molecule has 2 N–H and O–H groups in total.